The number of nitrogens with zero attached hydrogens (tertiary/aromatic N) is 1. The van der Waals surface area contributed by atoms with Crippen LogP contribution in [0.3, 0.4) is 0 Å². The molecule has 2 rings (SSSR count). The first kappa shape index (κ1) is 11.9. The van der Waals surface area contributed by atoms with E-state index in [-0.39, 0.29) is 5.91 Å². The topological polar surface area (TPSA) is 58.4 Å². The van der Waals surface area contributed by atoms with Gasteiger partial charge in [0.1, 0.15) is 5.54 Å². The Morgan fingerprint density at radius 3 is 3.00 bits per heavy atom. The molecule has 0 radical (unpaired) electrons. The van der Waals surface area contributed by atoms with E-state index in [0.717, 1.165) is 38.9 Å². The maximum Gasteiger partial charge on any atom is 0.239 e. The van der Waals surface area contributed by atoms with Crippen molar-refractivity contribution in [3.05, 3.63) is 0 Å². The number of carbonyl (C=O) groups excluding carboxylic acids is 1. The Labute approximate surface area is 97.6 Å². The van der Waals surface area contributed by atoms with Crippen LogP contribution in [0.15, 0.2) is 0 Å². The summed E-state index contributed by atoms with van der Waals surface area (Å²) in [7, 11) is 0. The van der Waals surface area contributed by atoms with Gasteiger partial charge in [-0.3, -0.25) is 9.69 Å². The minimum atomic E-state index is -0.448. The molecule has 2 aliphatic rings. The van der Waals surface area contributed by atoms with Crippen molar-refractivity contribution in [1.82, 2.24) is 10.2 Å². The van der Waals surface area contributed by atoms with Gasteiger partial charge in [0.15, 0.2) is 0 Å². The van der Waals surface area contributed by atoms with Gasteiger partial charge in [-0.2, -0.15) is 0 Å². The first-order chi connectivity index (χ1) is 7.70. The lowest BCUT2D eigenvalue weighted by atomic mass is 9.84. The second-order valence-electron chi connectivity index (χ2n) is 5.06. The van der Waals surface area contributed by atoms with E-state index in [1.165, 1.54) is 12.8 Å². The Morgan fingerprint density at radius 1 is 1.50 bits per heavy atom. The van der Waals surface area contributed by atoms with Crippen LogP contribution in [0.2, 0.25) is 0 Å². The van der Waals surface area contributed by atoms with Gasteiger partial charge < -0.3 is 11.1 Å². The molecule has 2 aliphatic heterocycles. The highest BCUT2D eigenvalue weighted by atomic mass is 16.1. The third-order valence-electron chi connectivity index (χ3n) is 4.11. The molecule has 2 saturated heterocycles. The van der Waals surface area contributed by atoms with Gasteiger partial charge in [0.05, 0.1) is 0 Å². The van der Waals surface area contributed by atoms with Crippen molar-refractivity contribution in [2.45, 2.75) is 50.6 Å². The van der Waals surface area contributed by atoms with Crippen LogP contribution in [0.1, 0.15) is 39.0 Å². The number of nitrogens with two attached hydrogens (primary N) is 1. The molecule has 2 atom stereocenters. The quantitative estimate of drug-likeness (QED) is 0.731. The number of hydrogen-bond donors (Lipinski definition) is 2. The number of piperidine rings is 1. The normalized spacial score (nSPS) is 34.9. The lowest BCUT2D eigenvalue weighted by molar-refractivity contribution is -0.125. The molecule has 2 unspecified atom stereocenters. The van der Waals surface area contributed by atoms with Crippen molar-refractivity contribution in [2.24, 2.45) is 5.73 Å². The van der Waals surface area contributed by atoms with E-state index in [1.807, 2.05) is 0 Å². The Morgan fingerprint density at radius 2 is 2.31 bits per heavy atom. The van der Waals surface area contributed by atoms with E-state index in [1.54, 1.807) is 0 Å². The predicted octanol–water partition coefficient (Wildman–Crippen LogP) is 0.468. The summed E-state index contributed by atoms with van der Waals surface area (Å²) in [5.74, 6) is -0.157. The zero-order chi connectivity index (χ0) is 11.6. The highest BCUT2D eigenvalue weighted by Gasteiger charge is 2.51. The molecule has 16 heavy (non-hydrogen) atoms. The lowest BCUT2D eigenvalue weighted by Gasteiger charge is -2.39. The van der Waals surface area contributed by atoms with Crippen molar-refractivity contribution < 1.29 is 4.79 Å². The maximum atomic E-state index is 11.8. The molecule has 2 fully saturated rings. The van der Waals surface area contributed by atoms with Gasteiger partial charge in [-0.25, -0.2) is 0 Å². The van der Waals surface area contributed by atoms with Crippen LogP contribution in [0.4, 0.5) is 0 Å². The summed E-state index contributed by atoms with van der Waals surface area (Å²) in [6, 6.07) is 0.338. The molecule has 92 valence electrons. The fourth-order valence-corrected chi connectivity index (χ4v) is 3.23. The molecule has 1 amide bonds. The third kappa shape index (κ3) is 1.84. The highest BCUT2D eigenvalue weighted by molar-refractivity contribution is 5.86. The Kier molecular flexibility index (Phi) is 3.50. The van der Waals surface area contributed by atoms with Gasteiger partial charge >= 0.3 is 0 Å². The summed E-state index contributed by atoms with van der Waals surface area (Å²) in [6.07, 6.45) is 5.53. The monoisotopic (exact) mass is 225 g/mol. The summed E-state index contributed by atoms with van der Waals surface area (Å²) in [4.78, 5) is 14.3. The van der Waals surface area contributed by atoms with Crippen LogP contribution in [0.5, 0.6) is 0 Å². The van der Waals surface area contributed by atoms with Crippen molar-refractivity contribution >= 4 is 5.91 Å². The van der Waals surface area contributed by atoms with Gasteiger partial charge in [-0.15, -0.1) is 0 Å². The van der Waals surface area contributed by atoms with Gasteiger partial charge in [0.25, 0.3) is 0 Å². The molecule has 0 bridgehead atoms. The zero-order valence-electron chi connectivity index (χ0n) is 10.2. The summed E-state index contributed by atoms with van der Waals surface area (Å²) in [6.45, 7) is 5.15. The van der Waals surface area contributed by atoms with Gasteiger partial charge in [0, 0.05) is 12.6 Å². The summed E-state index contributed by atoms with van der Waals surface area (Å²) in [5.41, 5.74) is 5.20. The number of nitrogens with one attached hydrogen (secondary N) is 1. The second kappa shape index (κ2) is 4.72. The zero-order valence-corrected chi connectivity index (χ0v) is 10.2. The van der Waals surface area contributed by atoms with Crippen LogP contribution in [0, 0.1) is 0 Å². The fourth-order valence-electron chi connectivity index (χ4n) is 3.23. The van der Waals surface area contributed by atoms with E-state index in [9.17, 15) is 4.79 Å². The molecular weight excluding hydrogens is 202 g/mol. The van der Waals surface area contributed by atoms with Crippen LogP contribution in [-0.2, 0) is 4.79 Å². The number of carbonyl (C=O) groups is 1. The molecule has 0 aliphatic carbocycles. The molecule has 0 aromatic rings. The molecule has 2 heterocycles. The molecule has 0 aromatic heterocycles. The summed E-state index contributed by atoms with van der Waals surface area (Å²) < 4.78 is 0. The molecule has 0 saturated carbocycles. The molecule has 0 spiro atoms. The van der Waals surface area contributed by atoms with Gasteiger partial charge in [0.2, 0.25) is 5.91 Å². The molecular formula is C12H23N3O. The lowest BCUT2D eigenvalue weighted by Crippen LogP contribution is -2.63. The highest BCUT2D eigenvalue weighted by Crippen LogP contribution is 2.35. The van der Waals surface area contributed by atoms with Crippen LogP contribution < -0.4 is 11.1 Å². The number of rotatable bonds is 4. The molecule has 4 nitrogen and oxygen atoms in total. The first-order valence-electron chi connectivity index (χ1n) is 6.49. The van der Waals surface area contributed by atoms with Crippen molar-refractivity contribution in [3.63, 3.8) is 0 Å². The van der Waals surface area contributed by atoms with E-state index >= 15 is 0 Å². The average molecular weight is 225 g/mol. The van der Waals surface area contributed by atoms with E-state index in [2.05, 4.69) is 17.1 Å². The van der Waals surface area contributed by atoms with Crippen molar-refractivity contribution in [1.29, 1.82) is 0 Å². The number of fused-ring (bicyclic) bond motifs is 1. The average Bonchev–Trinajstić information content (AvgIpc) is 2.67. The van der Waals surface area contributed by atoms with Crippen LogP contribution in [0.25, 0.3) is 0 Å². The Bertz CT molecular complexity index is 269. The summed E-state index contributed by atoms with van der Waals surface area (Å²) in [5, 5.41) is 3.43. The van der Waals surface area contributed by atoms with Gasteiger partial charge in [-0.05, 0) is 38.8 Å². The number of hydrogen-bond acceptors (Lipinski definition) is 3. The van der Waals surface area contributed by atoms with E-state index < -0.39 is 5.54 Å². The predicted molar refractivity (Wildman–Crippen MR) is 64.0 cm³/mol. The molecule has 0 aromatic carbocycles. The van der Waals surface area contributed by atoms with E-state index in [0.29, 0.717) is 6.04 Å². The number of amides is 1. The van der Waals surface area contributed by atoms with Crippen LogP contribution in [-0.4, -0.2) is 42.0 Å². The summed E-state index contributed by atoms with van der Waals surface area (Å²) >= 11 is 0. The molecule has 4 heteroatoms. The third-order valence-corrected chi connectivity index (χ3v) is 4.11. The fraction of sp³-hybridized carbons (Fsp3) is 0.917. The first-order valence-corrected chi connectivity index (χ1v) is 6.49. The smallest absolute Gasteiger partial charge is 0.239 e. The minimum absolute atomic E-state index is 0.157. The van der Waals surface area contributed by atoms with E-state index in [4.69, 9.17) is 5.73 Å². The second-order valence-corrected chi connectivity index (χ2v) is 5.06. The Balaban J connectivity index is 2.15. The van der Waals surface area contributed by atoms with Gasteiger partial charge in [-0.1, -0.05) is 13.3 Å². The molecule has 3 N–H and O–H groups in total. The minimum Gasteiger partial charge on any atom is -0.368 e. The van der Waals surface area contributed by atoms with Crippen molar-refractivity contribution in [3.8, 4) is 0 Å². The SMILES string of the molecule is CCCNC1(C(N)=O)CCN2CCCCC21. The number of primary amides is 1. The largest absolute Gasteiger partial charge is 0.368 e. The van der Waals surface area contributed by atoms with Crippen LogP contribution >= 0.6 is 0 Å². The maximum absolute atomic E-state index is 11.8. The standard InChI is InChI=1S/C12H23N3O/c1-2-7-14-12(11(13)16)6-9-15-8-4-3-5-10(12)15/h10,14H,2-9H2,1H3,(H2,13,16). The Hall–Kier alpha value is -0.610. The van der Waals surface area contributed by atoms with Crippen molar-refractivity contribution in [2.75, 3.05) is 19.6 Å².